The van der Waals surface area contributed by atoms with E-state index in [1.54, 1.807) is 11.1 Å². The van der Waals surface area contributed by atoms with Gasteiger partial charge in [-0.1, -0.05) is 68.5 Å². The largest absolute Gasteiger partial charge is 0.0885 e. The highest BCUT2D eigenvalue weighted by Gasteiger charge is 2.24. The third-order valence-electron chi connectivity index (χ3n) is 5.94. The van der Waals surface area contributed by atoms with E-state index in [4.69, 9.17) is 0 Å². The summed E-state index contributed by atoms with van der Waals surface area (Å²) in [6, 6.07) is 16.2. The summed E-state index contributed by atoms with van der Waals surface area (Å²) >= 11 is 2.53. The van der Waals surface area contributed by atoms with Crippen LogP contribution < -0.4 is 10.4 Å². The van der Waals surface area contributed by atoms with Crippen molar-refractivity contribution in [2.75, 3.05) is 0 Å². The standard InChI is InChI=1S/C25H27I/c1-25(2)16-8-4-3-5-9-18-12-13-19(17-23(18)25)20-14-15-24(26)22-11-7-6-10-21(20)22/h4,6-8,10-13,17H,3,5,9,14-16H2,1-2H3/b8-4-. The van der Waals surface area contributed by atoms with Gasteiger partial charge in [-0.2, -0.15) is 0 Å². The van der Waals surface area contributed by atoms with Crippen molar-refractivity contribution in [3.63, 3.8) is 0 Å². The molecule has 0 saturated carbocycles. The van der Waals surface area contributed by atoms with Crippen molar-refractivity contribution in [2.24, 2.45) is 0 Å². The van der Waals surface area contributed by atoms with Gasteiger partial charge in [0.05, 0.1) is 0 Å². The van der Waals surface area contributed by atoms with Crippen LogP contribution in [0.5, 0.6) is 0 Å². The van der Waals surface area contributed by atoms with Gasteiger partial charge in [0.1, 0.15) is 0 Å². The topological polar surface area (TPSA) is 0 Å². The Kier molecular flexibility index (Phi) is 5.09. The molecule has 2 aliphatic carbocycles. The fraction of sp³-hybridized carbons (Fsp3) is 0.360. The summed E-state index contributed by atoms with van der Waals surface area (Å²) < 4.78 is 1.50. The minimum absolute atomic E-state index is 0.196. The maximum atomic E-state index is 2.53. The molecule has 0 bridgehead atoms. The molecule has 0 saturated heterocycles. The molecular formula is C25H27I. The first-order valence-corrected chi connectivity index (χ1v) is 10.9. The molecule has 134 valence electrons. The van der Waals surface area contributed by atoms with E-state index in [1.165, 1.54) is 44.4 Å². The third-order valence-corrected chi connectivity index (χ3v) is 7.06. The lowest BCUT2D eigenvalue weighted by molar-refractivity contribution is 0.529. The molecule has 0 unspecified atom stereocenters. The van der Waals surface area contributed by atoms with Crippen molar-refractivity contribution in [1.29, 1.82) is 0 Å². The van der Waals surface area contributed by atoms with Crippen molar-refractivity contribution < 1.29 is 0 Å². The lowest BCUT2D eigenvalue weighted by Crippen LogP contribution is -2.31. The molecule has 2 aromatic rings. The molecule has 1 heteroatoms. The summed E-state index contributed by atoms with van der Waals surface area (Å²) in [5, 5.41) is 2.86. The Morgan fingerprint density at radius 3 is 2.54 bits per heavy atom. The van der Waals surface area contributed by atoms with Crippen LogP contribution in [0.2, 0.25) is 0 Å². The Labute approximate surface area is 170 Å². The number of fused-ring (bicyclic) bond motifs is 2. The number of hydrogen-bond donors (Lipinski definition) is 0. The van der Waals surface area contributed by atoms with E-state index in [2.05, 4.69) is 91.1 Å². The average Bonchev–Trinajstić information content (AvgIpc) is 2.71. The Hall–Kier alpha value is -1.35. The third kappa shape index (κ3) is 3.43. The number of rotatable bonds is 1. The maximum absolute atomic E-state index is 2.53. The van der Waals surface area contributed by atoms with Crippen LogP contribution >= 0.6 is 22.6 Å². The van der Waals surface area contributed by atoms with Crippen LogP contribution in [0.25, 0.3) is 9.15 Å². The van der Waals surface area contributed by atoms with E-state index in [0.29, 0.717) is 0 Å². The van der Waals surface area contributed by atoms with E-state index in [-0.39, 0.29) is 5.41 Å². The van der Waals surface area contributed by atoms with Gasteiger partial charge >= 0.3 is 0 Å². The van der Waals surface area contributed by atoms with E-state index >= 15 is 0 Å². The van der Waals surface area contributed by atoms with Gasteiger partial charge in [0.25, 0.3) is 0 Å². The maximum Gasteiger partial charge on any atom is -0.00123 e. The Morgan fingerprint density at radius 2 is 1.69 bits per heavy atom. The molecule has 0 atom stereocenters. The monoisotopic (exact) mass is 454 g/mol. The van der Waals surface area contributed by atoms with Gasteiger partial charge in [-0.25, -0.2) is 0 Å². The fourth-order valence-electron chi connectivity index (χ4n) is 4.42. The Balaban J connectivity index is 1.92. The average molecular weight is 454 g/mol. The van der Waals surface area contributed by atoms with Crippen LogP contribution in [0, 0.1) is 0 Å². The fourth-order valence-corrected chi connectivity index (χ4v) is 5.16. The predicted molar refractivity (Wildman–Crippen MR) is 121 cm³/mol. The molecule has 2 aliphatic rings. The second-order valence-corrected chi connectivity index (χ2v) is 9.55. The second-order valence-electron chi connectivity index (χ2n) is 8.25. The zero-order valence-corrected chi connectivity index (χ0v) is 18.0. The van der Waals surface area contributed by atoms with Gasteiger partial charge in [0.15, 0.2) is 0 Å². The number of hydrogen-bond acceptors (Lipinski definition) is 0. The molecule has 0 aromatic heterocycles. The van der Waals surface area contributed by atoms with Crippen molar-refractivity contribution in [3.8, 4) is 0 Å². The molecule has 0 amide bonds. The van der Waals surface area contributed by atoms with Crippen LogP contribution in [0.3, 0.4) is 0 Å². The molecule has 26 heavy (non-hydrogen) atoms. The van der Waals surface area contributed by atoms with Crippen molar-refractivity contribution in [3.05, 3.63) is 81.7 Å². The first-order valence-electron chi connectivity index (χ1n) is 9.82. The van der Waals surface area contributed by atoms with Gasteiger partial charge in [-0.05, 0) is 103 Å². The number of allylic oxidation sites excluding steroid dienone is 2. The summed E-state index contributed by atoms with van der Waals surface area (Å²) in [7, 11) is 0. The SMILES string of the molecule is CC1(C)C/C=C\CCCc2ccc(C3=c4ccccc4=C(I)CC3)cc21. The lowest BCUT2D eigenvalue weighted by atomic mass is 9.77. The zero-order valence-electron chi connectivity index (χ0n) is 15.8. The first-order chi connectivity index (χ1) is 12.6. The van der Waals surface area contributed by atoms with Gasteiger partial charge < -0.3 is 0 Å². The molecule has 2 aromatic carbocycles. The summed E-state index contributed by atoms with van der Waals surface area (Å²) in [6.07, 6.45) is 11.9. The summed E-state index contributed by atoms with van der Waals surface area (Å²) in [4.78, 5) is 0. The van der Waals surface area contributed by atoms with E-state index in [9.17, 15) is 0 Å². The van der Waals surface area contributed by atoms with Gasteiger partial charge in [-0.15, -0.1) is 0 Å². The van der Waals surface area contributed by atoms with Crippen molar-refractivity contribution in [2.45, 2.75) is 57.8 Å². The normalized spacial score (nSPS) is 20.4. The van der Waals surface area contributed by atoms with Crippen LogP contribution in [0.1, 0.15) is 62.6 Å². The quantitative estimate of drug-likeness (QED) is 0.379. The minimum Gasteiger partial charge on any atom is -0.0885 e. The van der Waals surface area contributed by atoms with Gasteiger partial charge in [0.2, 0.25) is 0 Å². The van der Waals surface area contributed by atoms with E-state index in [0.717, 1.165) is 19.3 Å². The summed E-state index contributed by atoms with van der Waals surface area (Å²) in [5.74, 6) is 0. The van der Waals surface area contributed by atoms with Crippen LogP contribution in [0.15, 0.2) is 54.6 Å². The van der Waals surface area contributed by atoms with Gasteiger partial charge in [0, 0.05) is 0 Å². The molecule has 0 fully saturated rings. The van der Waals surface area contributed by atoms with Gasteiger partial charge in [-0.3, -0.25) is 0 Å². The molecule has 0 N–H and O–H groups in total. The molecule has 0 heterocycles. The molecule has 4 rings (SSSR count). The summed E-state index contributed by atoms with van der Waals surface area (Å²) in [6.45, 7) is 4.81. The molecule has 0 spiro atoms. The highest BCUT2D eigenvalue weighted by molar-refractivity contribution is 14.1. The molecule has 0 radical (unpaired) electrons. The number of aryl methyl sites for hydroxylation is 1. The Morgan fingerprint density at radius 1 is 0.885 bits per heavy atom. The molecule has 0 nitrogen and oxygen atoms in total. The highest BCUT2D eigenvalue weighted by Crippen LogP contribution is 2.35. The Bertz CT molecular complexity index is 975. The highest BCUT2D eigenvalue weighted by atomic mass is 127. The second kappa shape index (κ2) is 7.34. The minimum atomic E-state index is 0.196. The number of halogens is 1. The molecular weight excluding hydrogens is 427 g/mol. The zero-order chi connectivity index (χ0) is 18.1. The summed E-state index contributed by atoms with van der Waals surface area (Å²) in [5.41, 5.74) is 6.25. The van der Waals surface area contributed by atoms with E-state index in [1.807, 2.05) is 0 Å². The number of benzene rings is 2. The van der Waals surface area contributed by atoms with Crippen molar-refractivity contribution >= 4 is 31.7 Å². The molecule has 0 aliphatic heterocycles. The van der Waals surface area contributed by atoms with E-state index < -0.39 is 0 Å². The lowest BCUT2D eigenvalue weighted by Gasteiger charge is -2.28. The van der Waals surface area contributed by atoms with Crippen LogP contribution in [-0.4, -0.2) is 0 Å². The smallest absolute Gasteiger partial charge is 0.00123 e. The van der Waals surface area contributed by atoms with Crippen molar-refractivity contribution in [1.82, 2.24) is 0 Å². The predicted octanol–water partition coefficient (Wildman–Crippen LogP) is 5.78. The van der Waals surface area contributed by atoms with Crippen LogP contribution in [0.4, 0.5) is 0 Å². The van der Waals surface area contributed by atoms with Crippen LogP contribution in [-0.2, 0) is 11.8 Å². The first kappa shape index (κ1) is 18.0.